The topological polar surface area (TPSA) is 109 Å². The summed E-state index contributed by atoms with van der Waals surface area (Å²) in [6.07, 6.45) is 1.90. The molecule has 1 aliphatic rings. The van der Waals surface area contributed by atoms with Crippen molar-refractivity contribution in [3.8, 4) is 0 Å². The second kappa shape index (κ2) is 6.12. The first-order valence-electron chi connectivity index (χ1n) is 6.45. The molecule has 1 aromatic rings. The van der Waals surface area contributed by atoms with Gasteiger partial charge in [-0.3, -0.25) is 14.7 Å². The molecule has 0 radical (unpaired) electrons. The maximum Gasteiger partial charge on any atom is 0.344 e. The van der Waals surface area contributed by atoms with E-state index >= 15 is 0 Å². The van der Waals surface area contributed by atoms with Crippen molar-refractivity contribution < 1.29 is 9.59 Å². The van der Waals surface area contributed by atoms with Crippen molar-refractivity contribution in [2.75, 3.05) is 6.54 Å². The Kier molecular flexibility index (Phi) is 4.48. The number of hydrogen-bond acceptors (Lipinski definition) is 5. The molecular weight excluding hydrogens is 282 g/mol. The molecule has 110 valence electrons. The Balaban J connectivity index is 1.97. The molecule has 0 aromatic carbocycles. The highest BCUT2D eigenvalue weighted by atomic mass is 32.2. The summed E-state index contributed by atoms with van der Waals surface area (Å²) in [7, 11) is 0. The Bertz CT molecular complexity index is 563. The van der Waals surface area contributed by atoms with Crippen molar-refractivity contribution in [3.63, 3.8) is 0 Å². The van der Waals surface area contributed by atoms with E-state index in [1.807, 2.05) is 0 Å². The lowest BCUT2D eigenvalue weighted by molar-refractivity contribution is -0.119. The fourth-order valence-electron chi connectivity index (χ4n) is 1.66. The monoisotopic (exact) mass is 299 g/mol. The van der Waals surface area contributed by atoms with Gasteiger partial charge in [-0.1, -0.05) is 11.8 Å². The van der Waals surface area contributed by atoms with Gasteiger partial charge in [0.2, 0.25) is 5.91 Å². The van der Waals surface area contributed by atoms with E-state index in [0.717, 1.165) is 24.6 Å². The van der Waals surface area contributed by atoms with Gasteiger partial charge in [-0.2, -0.15) is 0 Å². The lowest BCUT2D eigenvalue weighted by Gasteiger charge is -2.11. The highest BCUT2D eigenvalue weighted by Crippen LogP contribution is 2.36. The third-order valence-electron chi connectivity index (χ3n) is 2.81. The first-order chi connectivity index (χ1) is 9.52. The standard InChI is InChI=1S/C11H17N5O3S/c1-3-12-9(18)13-8(17)6(2)20-11-15-14-10(19)16(11)7-4-5-7/h6-7H,3-5H2,1-2H3,(H,14,19)(H2,12,13,17,18)/t6-/m1/s1. The van der Waals surface area contributed by atoms with Crippen molar-refractivity contribution in [2.45, 2.75) is 43.1 Å². The third-order valence-corrected chi connectivity index (χ3v) is 3.88. The van der Waals surface area contributed by atoms with Gasteiger partial charge in [0.15, 0.2) is 5.16 Å². The average Bonchev–Trinajstić information content (AvgIpc) is 3.15. The quantitative estimate of drug-likeness (QED) is 0.674. The van der Waals surface area contributed by atoms with E-state index in [-0.39, 0.29) is 11.7 Å². The van der Waals surface area contributed by atoms with E-state index in [1.54, 1.807) is 18.4 Å². The maximum atomic E-state index is 11.8. The fourth-order valence-corrected chi connectivity index (χ4v) is 2.58. The van der Waals surface area contributed by atoms with E-state index < -0.39 is 17.2 Å². The van der Waals surface area contributed by atoms with Crippen LogP contribution in [-0.2, 0) is 4.79 Å². The number of nitrogens with zero attached hydrogens (tertiary/aromatic N) is 2. The first kappa shape index (κ1) is 14.6. The summed E-state index contributed by atoms with van der Waals surface area (Å²) >= 11 is 1.16. The van der Waals surface area contributed by atoms with Crippen LogP contribution in [-0.4, -0.2) is 38.5 Å². The molecule has 1 saturated carbocycles. The van der Waals surface area contributed by atoms with E-state index in [9.17, 15) is 14.4 Å². The molecule has 3 amide bonds. The number of thioether (sulfide) groups is 1. The summed E-state index contributed by atoms with van der Waals surface area (Å²) in [5.74, 6) is -0.418. The third kappa shape index (κ3) is 3.41. The lowest BCUT2D eigenvalue weighted by atomic mass is 10.4. The van der Waals surface area contributed by atoms with Crippen LogP contribution < -0.4 is 16.3 Å². The molecular formula is C11H17N5O3S. The van der Waals surface area contributed by atoms with Crippen LogP contribution >= 0.6 is 11.8 Å². The number of urea groups is 1. The molecule has 8 nitrogen and oxygen atoms in total. The van der Waals surface area contributed by atoms with Gasteiger partial charge < -0.3 is 5.32 Å². The van der Waals surface area contributed by atoms with Gasteiger partial charge in [-0.05, 0) is 26.7 Å². The van der Waals surface area contributed by atoms with Crippen LogP contribution in [0.5, 0.6) is 0 Å². The maximum absolute atomic E-state index is 11.8. The Morgan fingerprint density at radius 2 is 2.25 bits per heavy atom. The Hall–Kier alpha value is -1.77. The number of aromatic amines is 1. The van der Waals surface area contributed by atoms with Gasteiger partial charge in [0.05, 0.1) is 5.25 Å². The van der Waals surface area contributed by atoms with Crippen LogP contribution in [0.3, 0.4) is 0 Å². The van der Waals surface area contributed by atoms with Gasteiger partial charge in [0.25, 0.3) is 0 Å². The normalized spacial score (nSPS) is 15.7. The highest BCUT2D eigenvalue weighted by molar-refractivity contribution is 8.00. The number of imide groups is 1. The number of H-pyrrole nitrogens is 1. The van der Waals surface area contributed by atoms with Crippen molar-refractivity contribution in [3.05, 3.63) is 10.5 Å². The number of aromatic nitrogens is 3. The summed E-state index contributed by atoms with van der Waals surface area (Å²) in [6, 6.07) is -0.339. The van der Waals surface area contributed by atoms with Gasteiger partial charge in [0.1, 0.15) is 0 Å². The zero-order chi connectivity index (χ0) is 14.7. The molecule has 0 spiro atoms. The predicted molar refractivity (Wildman–Crippen MR) is 73.7 cm³/mol. The zero-order valence-corrected chi connectivity index (χ0v) is 12.1. The zero-order valence-electron chi connectivity index (χ0n) is 11.3. The molecule has 0 bridgehead atoms. The van der Waals surface area contributed by atoms with Crippen molar-refractivity contribution in [1.82, 2.24) is 25.4 Å². The van der Waals surface area contributed by atoms with Gasteiger partial charge in [-0.25, -0.2) is 14.7 Å². The molecule has 1 atom stereocenters. The minimum Gasteiger partial charge on any atom is -0.338 e. The SMILES string of the molecule is CCNC(=O)NC(=O)[C@@H](C)Sc1n[nH]c(=O)n1C1CC1. The summed E-state index contributed by atoms with van der Waals surface area (Å²) in [4.78, 5) is 34.7. The number of amides is 3. The fraction of sp³-hybridized carbons (Fsp3) is 0.636. The largest absolute Gasteiger partial charge is 0.344 e. The molecule has 3 N–H and O–H groups in total. The predicted octanol–water partition coefficient (Wildman–Crippen LogP) is 0.233. The van der Waals surface area contributed by atoms with Crippen LogP contribution in [0.15, 0.2) is 9.95 Å². The minimum atomic E-state index is -0.523. The van der Waals surface area contributed by atoms with Crippen LogP contribution in [0.1, 0.15) is 32.7 Å². The molecule has 2 rings (SSSR count). The Morgan fingerprint density at radius 3 is 2.85 bits per heavy atom. The number of carbonyl (C=O) groups excluding carboxylic acids is 2. The number of nitrogens with one attached hydrogen (secondary N) is 3. The summed E-state index contributed by atoms with van der Waals surface area (Å²) < 4.78 is 1.57. The van der Waals surface area contributed by atoms with Crippen molar-refractivity contribution in [2.24, 2.45) is 0 Å². The molecule has 1 aliphatic carbocycles. The highest BCUT2D eigenvalue weighted by Gasteiger charge is 2.30. The molecule has 1 heterocycles. The molecule has 20 heavy (non-hydrogen) atoms. The molecule has 1 aromatic heterocycles. The van der Waals surface area contributed by atoms with E-state index in [0.29, 0.717) is 11.7 Å². The molecule has 9 heteroatoms. The van der Waals surface area contributed by atoms with Crippen LogP contribution in [0.4, 0.5) is 4.79 Å². The molecule has 1 fully saturated rings. The number of hydrogen-bond donors (Lipinski definition) is 3. The molecule has 0 unspecified atom stereocenters. The van der Waals surface area contributed by atoms with E-state index in [2.05, 4.69) is 20.8 Å². The second-order valence-electron chi connectivity index (χ2n) is 4.52. The van der Waals surface area contributed by atoms with Gasteiger partial charge >= 0.3 is 11.7 Å². The summed E-state index contributed by atoms with van der Waals surface area (Å²) in [5.41, 5.74) is -0.258. The van der Waals surface area contributed by atoms with Crippen LogP contribution in [0, 0.1) is 0 Å². The van der Waals surface area contributed by atoms with Crippen LogP contribution in [0.25, 0.3) is 0 Å². The molecule has 0 saturated heterocycles. The number of rotatable bonds is 5. The van der Waals surface area contributed by atoms with E-state index in [1.165, 1.54) is 0 Å². The van der Waals surface area contributed by atoms with Crippen molar-refractivity contribution >= 4 is 23.7 Å². The summed E-state index contributed by atoms with van der Waals surface area (Å²) in [6.45, 7) is 3.87. The average molecular weight is 299 g/mol. The molecule has 0 aliphatic heterocycles. The van der Waals surface area contributed by atoms with E-state index in [4.69, 9.17) is 0 Å². The lowest BCUT2D eigenvalue weighted by Crippen LogP contribution is -2.42. The first-order valence-corrected chi connectivity index (χ1v) is 7.33. The Labute approximate surface area is 119 Å². The number of carbonyl (C=O) groups is 2. The smallest absolute Gasteiger partial charge is 0.338 e. The second-order valence-corrected chi connectivity index (χ2v) is 5.83. The minimum absolute atomic E-state index is 0.183. The van der Waals surface area contributed by atoms with Gasteiger partial charge in [-0.15, -0.1) is 5.10 Å². The Morgan fingerprint density at radius 1 is 1.55 bits per heavy atom. The van der Waals surface area contributed by atoms with Crippen LogP contribution in [0.2, 0.25) is 0 Å². The summed E-state index contributed by atoms with van der Waals surface area (Å²) in [5, 5.41) is 11.0. The van der Waals surface area contributed by atoms with Crippen molar-refractivity contribution in [1.29, 1.82) is 0 Å². The van der Waals surface area contributed by atoms with Gasteiger partial charge in [0, 0.05) is 12.6 Å².